The molecule has 2 aromatic rings. The molecular formula is C15H13FN2O2. The predicted molar refractivity (Wildman–Crippen MR) is 75.1 cm³/mol. The molecule has 0 saturated carbocycles. The van der Waals surface area contributed by atoms with Crippen molar-refractivity contribution in [3.8, 4) is 0 Å². The van der Waals surface area contributed by atoms with Crippen LogP contribution in [0, 0.1) is 5.82 Å². The maximum Gasteiger partial charge on any atom is 0.255 e. The van der Waals surface area contributed by atoms with Gasteiger partial charge in [0.1, 0.15) is 5.82 Å². The third kappa shape index (κ3) is 3.41. The van der Waals surface area contributed by atoms with Crippen molar-refractivity contribution in [2.24, 2.45) is 0 Å². The Morgan fingerprint density at radius 1 is 0.950 bits per heavy atom. The minimum atomic E-state index is -0.490. The molecule has 0 aromatic heterocycles. The number of carbonyl (C=O) groups excluding carboxylic acids is 2. The molecule has 0 saturated heterocycles. The van der Waals surface area contributed by atoms with Crippen LogP contribution in [0.15, 0.2) is 48.5 Å². The van der Waals surface area contributed by atoms with Crippen molar-refractivity contribution in [2.45, 2.75) is 6.92 Å². The van der Waals surface area contributed by atoms with E-state index in [4.69, 9.17) is 0 Å². The Labute approximate surface area is 115 Å². The number of amides is 2. The molecule has 0 radical (unpaired) electrons. The number of benzene rings is 2. The molecule has 0 fully saturated rings. The lowest BCUT2D eigenvalue weighted by molar-refractivity contribution is -0.114. The summed E-state index contributed by atoms with van der Waals surface area (Å²) in [6.45, 7) is 1.40. The highest BCUT2D eigenvalue weighted by Crippen LogP contribution is 2.15. The van der Waals surface area contributed by atoms with E-state index < -0.39 is 11.7 Å². The van der Waals surface area contributed by atoms with Gasteiger partial charge in [0.15, 0.2) is 0 Å². The first-order valence-corrected chi connectivity index (χ1v) is 6.00. The Kier molecular flexibility index (Phi) is 4.10. The van der Waals surface area contributed by atoms with Crippen LogP contribution in [-0.4, -0.2) is 11.8 Å². The number of carbonyl (C=O) groups is 2. The number of rotatable bonds is 3. The molecule has 0 aliphatic rings. The monoisotopic (exact) mass is 272 g/mol. The molecule has 0 aliphatic carbocycles. The molecule has 2 amide bonds. The molecule has 0 spiro atoms. The summed E-state index contributed by atoms with van der Waals surface area (Å²) in [5, 5.41) is 5.08. The Balaban J connectivity index is 2.10. The van der Waals surface area contributed by atoms with Crippen LogP contribution < -0.4 is 10.6 Å². The highest BCUT2D eigenvalue weighted by atomic mass is 19.1. The maximum atomic E-state index is 13.4. The molecular weight excluding hydrogens is 259 g/mol. The van der Waals surface area contributed by atoms with Crippen molar-refractivity contribution < 1.29 is 14.0 Å². The predicted octanol–water partition coefficient (Wildman–Crippen LogP) is 3.04. The van der Waals surface area contributed by atoms with Crippen molar-refractivity contribution >= 4 is 23.2 Å². The van der Waals surface area contributed by atoms with Crippen molar-refractivity contribution in [2.75, 3.05) is 10.6 Å². The second-order valence-electron chi connectivity index (χ2n) is 4.19. The molecule has 0 atom stereocenters. The number of hydrogen-bond acceptors (Lipinski definition) is 2. The zero-order valence-corrected chi connectivity index (χ0v) is 10.8. The summed E-state index contributed by atoms with van der Waals surface area (Å²) in [5.41, 5.74) is 1.10. The molecule has 0 heterocycles. The van der Waals surface area contributed by atoms with Crippen molar-refractivity contribution in [3.05, 3.63) is 59.9 Å². The van der Waals surface area contributed by atoms with Gasteiger partial charge in [-0.3, -0.25) is 9.59 Å². The van der Waals surface area contributed by atoms with E-state index in [0.29, 0.717) is 11.3 Å². The van der Waals surface area contributed by atoms with Gasteiger partial charge in [0.25, 0.3) is 5.91 Å². The van der Waals surface area contributed by atoms with Gasteiger partial charge in [-0.25, -0.2) is 4.39 Å². The van der Waals surface area contributed by atoms with Crippen molar-refractivity contribution in [1.82, 2.24) is 0 Å². The molecule has 4 nitrogen and oxygen atoms in total. The lowest BCUT2D eigenvalue weighted by Gasteiger charge is -2.07. The average molecular weight is 272 g/mol. The maximum absolute atomic E-state index is 13.4. The van der Waals surface area contributed by atoms with Gasteiger partial charge < -0.3 is 10.6 Å². The summed E-state index contributed by atoms with van der Waals surface area (Å²) in [4.78, 5) is 22.8. The highest BCUT2D eigenvalue weighted by Gasteiger charge is 2.08. The minimum absolute atomic E-state index is 0.128. The quantitative estimate of drug-likeness (QED) is 0.902. The first-order chi connectivity index (χ1) is 9.56. The first kappa shape index (κ1) is 13.7. The fourth-order valence-corrected chi connectivity index (χ4v) is 1.67. The Morgan fingerprint density at radius 3 is 2.20 bits per heavy atom. The molecule has 0 unspecified atom stereocenters. The molecule has 2 rings (SSSR count). The van der Waals surface area contributed by atoms with E-state index in [1.807, 2.05) is 0 Å². The fraction of sp³-hybridized carbons (Fsp3) is 0.0667. The van der Waals surface area contributed by atoms with Gasteiger partial charge in [0.2, 0.25) is 5.91 Å². The van der Waals surface area contributed by atoms with Gasteiger partial charge in [-0.1, -0.05) is 12.1 Å². The summed E-state index contributed by atoms with van der Waals surface area (Å²) < 4.78 is 13.4. The van der Waals surface area contributed by atoms with Crippen molar-refractivity contribution in [3.63, 3.8) is 0 Å². The second-order valence-corrected chi connectivity index (χ2v) is 4.19. The van der Waals surface area contributed by atoms with E-state index in [0.717, 1.165) is 0 Å². The van der Waals surface area contributed by atoms with Crippen LogP contribution in [0.5, 0.6) is 0 Å². The molecule has 0 bridgehead atoms. The summed E-state index contributed by atoms with van der Waals surface area (Å²) in [6, 6.07) is 12.3. The number of para-hydroxylation sites is 1. The van der Waals surface area contributed by atoms with Crippen LogP contribution in [0.2, 0.25) is 0 Å². The van der Waals surface area contributed by atoms with Gasteiger partial charge in [0, 0.05) is 18.2 Å². The molecule has 102 valence electrons. The van der Waals surface area contributed by atoms with Gasteiger partial charge in [-0.2, -0.15) is 0 Å². The van der Waals surface area contributed by atoms with Crippen LogP contribution >= 0.6 is 0 Å². The molecule has 0 aliphatic heterocycles. The smallest absolute Gasteiger partial charge is 0.255 e. The van der Waals surface area contributed by atoms with Gasteiger partial charge in [-0.15, -0.1) is 0 Å². The normalized spacial score (nSPS) is 9.90. The Morgan fingerprint density at radius 2 is 1.60 bits per heavy atom. The van der Waals surface area contributed by atoms with Crippen LogP contribution in [0.3, 0.4) is 0 Å². The van der Waals surface area contributed by atoms with E-state index in [9.17, 15) is 14.0 Å². The van der Waals surface area contributed by atoms with E-state index in [1.54, 1.807) is 36.4 Å². The van der Waals surface area contributed by atoms with Crippen LogP contribution in [0.4, 0.5) is 15.8 Å². The average Bonchev–Trinajstić information content (AvgIpc) is 2.41. The van der Waals surface area contributed by atoms with Gasteiger partial charge in [0.05, 0.1) is 5.69 Å². The zero-order valence-electron chi connectivity index (χ0n) is 10.8. The molecule has 5 heteroatoms. The SMILES string of the molecule is CC(=O)Nc1ccc(C(=O)Nc2ccccc2F)cc1. The molecule has 2 aromatic carbocycles. The Hall–Kier alpha value is -2.69. The number of anilines is 2. The number of halogens is 1. The van der Waals surface area contributed by atoms with Crippen molar-refractivity contribution in [1.29, 1.82) is 0 Å². The van der Waals surface area contributed by atoms with E-state index in [2.05, 4.69) is 10.6 Å². The zero-order chi connectivity index (χ0) is 14.5. The lowest BCUT2D eigenvalue weighted by Crippen LogP contribution is -2.13. The number of hydrogen-bond donors (Lipinski definition) is 2. The number of nitrogens with one attached hydrogen (secondary N) is 2. The summed E-state index contributed by atoms with van der Waals surface area (Å²) >= 11 is 0. The molecule has 20 heavy (non-hydrogen) atoms. The van der Waals surface area contributed by atoms with E-state index in [1.165, 1.54) is 19.1 Å². The third-order valence-electron chi connectivity index (χ3n) is 2.59. The minimum Gasteiger partial charge on any atom is -0.326 e. The first-order valence-electron chi connectivity index (χ1n) is 6.00. The summed E-state index contributed by atoms with van der Waals surface area (Å²) in [7, 11) is 0. The third-order valence-corrected chi connectivity index (χ3v) is 2.59. The topological polar surface area (TPSA) is 58.2 Å². The highest BCUT2D eigenvalue weighted by molar-refractivity contribution is 6.04. The van der Waals surface area contributed by atoms with E-state index >= 15 is 0 Å². The molecule has 2 N–H and O–H groups in total. The summed E-state index contributed by atoms with van der Waals surface area (Å²) in [5.74, 6) is -1.09. The standard InChI is InChI=1S/C15H13FN2O2/c1-10(19)17-12-8-6-11(7-9-12)15(20)18-14-5-3-2-4-13(14)16/h2-9H,1H3,(H,17,19)(H,18,20). The van der Waals surface area contributed by atoms with Gasteiger partial charge in [-0.05, 0) is 36.4 Å². The lowest BCUT2D eigenvalue weighted by atomic mass is 10.2. The summed E-state index contributed by atoms with van der Waals surface area (Å²) in [6.07, 6.45) is 0. The van der Waals surface area contributed by atoms with Gasteiger partial charge >= 0.3 is 0 Å². The van der Waals surface area contributed by atoms with Crippen LogP contribution in [0.1, 0.15) is 17.3 Å². The second kappa shape index (κ2) is 5.97. The fourth-order valence-electron chi connectivity index (χ4n) is 1.67. The largest absolute Gasteiger partial charge is 0.326 e. The van der Waals surface area contributed by atoms with E-state index in [-0.39, 0.29) is 11.6 Å². The van der Waals surface area contributed by atoms with Crippen LogP contribution in [-0.2, 0) is 4.79 Å². The Bertz CT molecular complexity index is 639. The van der Waals surface area contributed by atoms with Crippen LogP contribution in [0.25, 0.3) is 0 Å².